The molecule has 2 amide bonds. The number of hydrogen-bond donors (Lipinski definition) is 4. The molecule has 0 unspecified atom stereocenters. The molecule has 2 atom stereocenters. The molecule has 0 saturated heterocycles. The molecule has 0 fully saturated rings. The molecule has 4 aromatic carbocycles. The van der Waals surface area contributed by atoms with E-state index in [1.807, 2.05) is 102 Å². The summed E-state index contributed by atoms with van der Waals surface area (Å²) in [5, 5.41) is 12.9. The second kappa shape index (κ2) is 29.8. The SMILES string of the molecule is CCC[CH2][Sn]([CH2]CCC)([CH2]CCC)[c]1cscn1.C[C@H](NC(=O)c1nc(-c2cscn2)cnc1N)c1cc2cccc(Cl)c2c(=O)n1-c1ccccc1.C[C@H](NC(=O)c1nc(Br)cnc1N)c1cc2cccc(Cl)c2c(=O)n1-c1ccccc1. The van der Waals surface area contributed by atoms with E-state index in [0.29, 0.717) is 70.3 Å². The summed E-state index contributed by atoms with van der Waals surface area (Å²) >= 11 is 17.0. The zero-order valence-electron chi connectivity index (χ0n) is 47.2. The van der Waals surface area contributed by atoms with Gasteiger partial charge in [-0.05, 0) is 89.1 Å². The molecule has 0 radical (unpaired) electrons. The van der Waals surface area contributed by atoms with Gasteiger partial charge in [0.05, 0.1) is 50.8 Å². The van der Waals surface area contributed by atoms with Crippen molar-refractivity contribution in [1.82, 2.24) is 49.7 Å². The van der Waals surface area contributed by atoms with Crippen molar-refractivity contribution in [2.75, 3.05) is 11.5 Å². The first-order valence-corrected chi connectivity index (χ1v) is 38.6. The third kappa shape index (κ3) is 15.0. The molecule has 434 valence electrons. The summed E-state index contributed by atoms with van der Waals surface area (Å²) in [5.41, 5.74) is 18.5. The molecule has 84 heavy (non-hydrogen) atoms. The van der Waals surface area contributed by atoms with Gasteiger partial charge < -0.3 is 22.1 Å². The number of nitrogen functional groups attached to an aromatic ring is 2. The fraction of sp³-hybridized carbons (Fsp3) is 0.258. The Hall–Kier alpha value is -6.88. The van der Waals surface area contributed by atoms with Crippen molar-refractivity contribution in [3.8, 4) is 22.8 Å². The van der Waals surface area contributed by atoms with Crippen molar-refractivity contribution >= 4 is 129 Å². The Morgan fingerprint density at radius 2 is 1.05 bits per heavy atom. The van der Waals surface area contributed by atoms with Crippen LogP contribution in [0.3, 0.4) is 0 Å². The zero-order valence-corrected chi connectivity index (χ0v) is 54.8. The number of halogens is 3. The maximum Gasteiger partial charge on any atom is 0.274 e. The summed E-state index contributed by atoms with van der Waals surface area (Å²) in [4.78, 5) is 78.6. The Labute approximate surface area is 518 Å². The van der Waals surface area contributed by atoms with Crippen molar-refractivity contribution in [3.05, 3.63) is 202 Å². The minimum Gasteiger partial charge on any atom is -0.382 e. The molecule has 6 N–H and O–H groups in total. The van der Waals surface area contributed by atoms with E-state index >= 15 is 0 Å². The van der Waals surface area contributed by atoms with Gasteiger partial charge in [-0.25, -0.2) is 24.9 Å². The van der Waals surface area contributed by atoms with Gasteiger partial charge in [-0.2, -0.15) is 0 Å². The molecule has 0 aliphatic rings. The van der Waals surface area contributed by atoms with Crippen LogP contribution in [0.25, 0.3) is 44.3 Å². The number of para-hydroxylation sites is 2. The number of rotatable bonds is 19. The molecule has 0 aliphatic heterocycles. The Bertz CT molecular complexity index is 3970. The second-order valence-electron chi connectivity index (χ2n) is 20.1. The molecule has 10 rings (SSSR count). The van der Waals surface area contributed by atoms with Gasteiger partial charge in [0.25, 0.3) is 22.9 Å². The number of unbranched alkanes of at least 4 members (excludes halogenated alkanes) is 3. The van der Waals surface area contributed by atoms with Crippen LogP contribution in [0.1, 0.15) is 118 Å². The van der Waals surface area contributed by atoms with E-state index in [4.69, 9.17) is 39.7 Å². The maximum atomic E-state index is 13.6. The normalized spacial score (nSPS) is 12.0. The second-order valence-corrected chi connectivity index (χ2v) is 36.3. The molecule has 0 spiro atoms. The largest absolute Gasteiger partial charge is 0.382 e. The molecule has 16 nitrogen and oxygen atoms in total. The fourth-order valence-electron chi connectivity index (χ4n) is 10.0. The van der Waals surface area contributed by atoms with Gasteiger partial charge >= 0.3 is 122 Å². The van der Waals surface area contributed by atoms with Crippen molar-refractivity contribution in [2.45, 2.75) is 98.5 Å². The molecule has 0 saturated carbocycles. The van der Waals surface area contributed by atoms with Crippen LogP contribution in [-0.2, 0) is 0 Å². The van der Waals surface area contributed by atoms with Crippen molar-refractivity contribution in [2.24, 2.45) is 0 Å². The van der Waals surface area contributed by atoms with Crippen LogP contribution in [0.15, 0.2) is 158 Å². The minimum atomic E-state index is -2.13. The number of carbonyl (C=O) groups is 2. The van der Waals surface area contributed by atoms with Gasteiger partial charge in [0, 0.05) is 28.1 Å². The van der Waals surface area contributed by atoms with Crippen LogP contribution in [0, 0.1) is 0 Å². The number of nitrogens with one attached hydrogen (secondary N) is 2. The van der Waals surface area contributed by atoms with Gasteiger partial charge in [0.15, 0.2) is 23.0 Å². The Balaban J connectivity index is 0.000000173. The van der Waals surface area contributed by atoms with Crippen LogP contribution in [0.2, 0.25) is 23.4 Å². The third-order valence-electron chi connectivity index (χ3n) is 14.4. The molecule has 0 bridgehead atoms. The maximum absolute atomic E-state index is 13.6. The predicted octanol–water partition coefficient (Wildman–Crippen LogP) is 14.1. The van der Waals surface area contributed by atoms with E-state index in [9.17, 15) is 19.2 Å². The summed E-state index contributed by atoms with van der Waals surface area (Å²) in [6.45, 7) is 10.6. The number of hydrogen-bond acceptors (Lipinski definition) is 14. The first-order chi connectivity index (χ1) is 40.6. The average Bonchev–Trinajstić information content (AvgIpc) is 4.16. The van der Waals surface area contributed by atoms with Crippen molar-refractivity contribution in [3.63, 3.8) is 0 Å². The summed E-state index contributed by atoms with van der Waals surface area (Å²) in [6, 6.07) is 31.5. The van der Waals surface area contributed by atoms with Gasteiger partial charge in [0.2, 0.25) is 0 Å². The van der Waals surface area contributed by atoms with E-state index in [1.165, 1.54) is 75.6 Å². The van der Waals surface area contributed by atoms with E-state index in [1.54, 1.807) is 56.5 Å². The Morgan fingerprint density at radius 3 is 1.49 bits per heavy atom. The Kier molecular flexibility index (Phi) is 22.4. The van der Waals surface area contributed by atoms with Gasteiger partial charge in [-0.1, -0.05) is 83.9 Å². The van der Waals surface area contributed by atoms with Crippen molar-refractivity contribution in [1.29, 1.82) is 0 Å². The van der Waals surface area contributed by atoms with Crippen LogP contribution >= 0.6 is 61.8 Å². The zero-order chi connectivity index (χ0) is 59.9. The number of benzene rings is 4. The number of amides is 2. The predicted molar refractivity (Wildman–Crippen MR) is 349 cm³/mol. The number of aromatic nitrogens is 8. The molecule has 22 heteroatoms. The molecular weight excluding hydrogens is 1310 g/mol. The van der Waals surface area contributed by atoms with Gasteiger partial charge in [-0.15, -0.1) is 11.3 Å². The first-order valence-electron chi connectivity index (χ1n) is 27.7. The standard InChI is InChI=1S/C25H19ClN6O2S.C22H17BrClN5O2.3C4H9.C3H2NS.Sn/c1-14(30-24(33)22-23(27)28-11-18(31-22)19-12-35-13-29-19)20-10-15-6-5-9-17(26)21(15)25(34)32(20)16-7-3-2-4-8-16;1-12(27-21(30)19-20(25)26-11-17(23)28-19)16-10-13-6-5-9-15(24)18(13)22(31)29(16)14-7-3-2-4-8-14;3*1-3-4-2;1-2-5-3-4-1;/h2-14H,1H3,(H2,27,28)(H,30,33);2-12H,1H3,(H2,25,26)(H,27,30);3*1,3-4H2,2H3;2-3H;/t14-;12-;;;;;/m00...../s1. The number of pyridine rings is 2. The number of nitrogens with two attached hydrogens (primary N) is 2. The van der Waals surface area contributed by atoms with Gasteiger partial charge in [-0.3, -0.25) is 28.3 Å². The average molecular weight is 1380 g/mol. The Morgan fingerprint density at radius 1 is 0.595 bits per heavy atom. The van der Waals surface area contributed by atoms with E-state index in [-0.39, 0.29) is 34.1 Å². The topological polar surface area (TPSA) is 232 Å². The van der Waals surface area contributed by atoms with Crippen LogP contribution in [0.4, 0.5) is 11.6 Å². The van der Waals surface area contributed by atoms with Crippen LogP contribution < -0.4 is 36.9 Å². The summed E-state index contributed by atoms with van der Waals surface area (Å²) in [7, 11) is 0. The quantitative estimate of drug-likeness (QED) is 0.0554. The summed E-state index contributed by atoms with van der Waals surface area (Å²) in [5.74, 6) is -1.01. The van der Waals surface area contributed by atoms with E-state index in [2.05, 4.69) is 83.1 Å². The molecule has 0 aliphatic carbocycles. The fourth-order valence-corrected chi connectivity index (χ4v) is 29.2. The first kappa shape index (κ1) is 63.1. The number of carbonyl (C=O) groups excluding carboxylic acids is 2. The number of fused-ring (bicyclic) bond motifs is 2. The molecular formula is C62H65BrCl2N12O4S2Sn. The minimum absolute atomic E-state index is 0.000535. The van der Waals surface area contributed by atoms with Gasteiger partial charge in [0.1, 0.15) is 16.0 Å². The van der Waals surface area contributed by atoms with Crippen LogP contribution in [0.5, 0.6) is 0 Å². The molecule has 10 aromatic rings. The van der Waals surface area contributed by atoms with E-state index < -0.39 is 42.3 Å². The number of thiazole rings is 2. The summed E-state index contributed by atoms with van der Waals surface area (Å²) in [6.07, 6.45) is 11.2. The van der Waals surface area contributed by atoms with Crippen LogP contribution in [-0.4, -0.2) is 69.2 Å². The monoisotopic (exact) mass is 1370 g/mol. The smallest absolute Gasteiger partial charge is 0.274 e. The third-order valence-corrected chi connectivity index (χ3v) is 32.2. The number of anilines is 2. The molecule has 6 heterocycles. The number of nitrogens with zero attached hydrogens (tertiary/aromatic N) is 8. The molecule has 6 aromatic heterocycles. The van der Waals surface area contributed by atoms with E-state index in [0.717, 1.165) is 0 Å². The summed E-state index contributed by atoms with van der Waals surface area (Å²) < 4.78 is 9.69. The van der Waals surface area contributed by atoms with Crippen molar-refractivity contribution < 1.29 is 9.59 Å².